The van der Waals surface area contributed by atoms with Crippen LogP contribution in [0.4, 0.5) is 26.3 Å². The van der Waals surface area contributed by atoms with Gasteiger partial charge in [0.1, 0.15) is 5.69 Å². The van der Waals surface area contributed by atoms with Crippen molar-refractivity contribution >= 4 is 36.5 Å². The van der Waals surface area contributed by atoms with E-state index >= 15 is 0 Å². The van der Waals surface area contributed by atoms with Crippen LogP contribution in [0.1, 0.15) is 0 Å². The fourth-order valence-electron chi connectivity index (χ4n) is 4.90. The molecule has 0 aliphatic carbocycles. The lowest BCUT2D eigenvalue weighted by atomic mass is 9.96. The van der Waals surface area contributed by atoms with Crippen molar-refractivity contribution in [2.75, 3.05) is 0 Å². The monoisotopic (exact) mass is 692 g/mol. The smallest absolute Gasteiger partial charge is 0.372 e. The maximum Gasteiger partial charge on any atom is 0.534 e. The summed E-state index contributed by atoms with van der Waals surface area (Å²) in [6.07, 6.45) is 0. The lowest BCUT2D eigenvalue weighted by Crippen LogP contribution is -2.30. The summed E-state index contributed by atoms with van der Waals surface area (Å²) in [5.41, 5.74) is -8.97. The van der Waals surface area contributed by atoms with E-state index in [2.05, 4.69) is 8.37 Å². The fraction of sp³-hybridized carbons (Fsp3) is 0.0645. The van der Waals surface area contributed by atoms with E-state index in [0.29, 0.717) is 45.8 Å². The van der Waals surface area contributed by atoms with Crippen molar-refractivity contribution in [1.82, 2.24) is 9.61 Å². The molecule has 0 aliphatic heterocycles. The number of halogens is 6. The number of rotatable bonds is 7. The number of aromatic nitrogens is 2. The van der Waals surface area contributed by atoms with Crippen LogP contribution in [0.2, 0.25) is 0 Å². The maximum absolute atomic E-state index is 13.4. The second-order valence-corrected chi connectivity index (χ2v) is 13.0. The molecule has 0 saturated heterocycles. The normalized spacial score (nSPS) is 12.8. The predicted molar refractivity (Wildman–Crippen MR) is 160 cm³/mol. The third kappa shape index (κ3) is 5.85. The number of pyridine rings is 1. The van der Waals surface area contributed by atoms with Gasteiger partial charge in [-0.1, -0.05) is 91.0 Å². The van der Waals surface area contributed by atoms with Gasteiger partial charge in [-0.15, -0.1) is 0 Å². The van der Waals surface area contributed by atoms with Crippen LogP contribution >= 0.6 is 0 Å². The average Bonchev–Trinajstić information content (AvgIpc) is 3.42. The topological polar surface area (TPSA) is 104 Å². The minimum Gasteiger partial charge on any atom is -0.372 e. The van der Waals surface area contributed by atoms with E-state index in [1.807, 2.05) is 0 Å². The van der Waals surface area contributed by atoms with E-state index in [9.17, 15) is 43.2 Å². The molecule has 0 atom stereocenters. The summed E-state index contributed by atoms with van der Waals surface area (Å²) in [5, 5.41) is 4.75. The van der Waals surface area contributed by atoms with Crippen molar-refractivity contribution in [1.29, 1.82) is 0 Å². The molecule has 0 bridgehead atoms. The molecule has 6 rings (SSSR count). The average molecular weight is 693 g/mol. The van der Waals surface area contributed by atoms with E-state index in [0.717, 1.165) is 0 Å². The number of fused-ring (bicyclic) bond motifs is 3. The summed E-state index contributed by atoms with van der Waals surface area (Å²) in [4.78, 5) is 0. The Morgan fingerprint density at radius 2 is 1.02 bits per heavy atom. The first-order valence-corrected chi connectivity index (χ1v) is 16.1. The van der Waals surface area contributed by atoms with Gasteiger partial charge < -0.3 is 8.37 Å². The highest BCUT2D eigenvalue weighted by molar-refractivity contribution is 7.88. The molecule has 0 unspecified atom stereocenters. The second-order valence-electron chi connectivity index (χ2n) is 9.96. The first kappa shape index (κ1) is 31.9. The zero-order valence-corrected chi connectivity index (χ0v) is 25.0. The summed E-state index contributed by atoms with van der Waals surface area (Å²) in [6, 6.07) is 28.7. The summed E-state index contributed by atoms with van der Waals surface area (Å²) in [6.45, 7) is 0. The third-order valence-corrected chi connectivity index (χ3v) is 8.85. The largest absolute Gasteiger partial charge is 0.534 e. The number of alkyl halides is 6. The van der Waals surface area contributed by atoms with Crippen LogP contribution in [-0.4, -0.2) is 37.5 Å². The first-order chi connectivity index (χ1) is 22.1. The van der Waals surface area contributed by atoms with Crippen LogP contribution in [0.15, 0.2) is 109 Å². The Balaban J connectivity index is 1.79. The molecule has 0 aliphatic rings. The fourth-order valence-corrected chi connectivity index (χ4v) is 5.82. The molecule has 0 fully saturated rings. The molecule has 2 aromatic heterocycles. The SMILES string of the molecule is O=S(=O)(Oc1cc2cc(-c3ccccc3)n3nc(-c4ccccc4)c(-c4ccccc4)c3c2cc1OS(=O)(=O)C(F)(F)F)C(F)(F)F. The van der Waals surface area contributed by atoms with Crippen molar-refractivity contribution in [2.24, 2.45) is 0 Å². The Bertz CT molecular complexity index is 2350. The lowest BCUT2D eigenvalue weighted by molar-refractivity contribution is -0.0513. The van der Waals surface area contributed by atoms with Gasteiger partial charge >= 0.3 is 31.3 Å². The quantitative estimate of drug-likeness (QED) is 0.0951. The van der Waals surface area contributed by atoms with Crippen LogP contribution < -0.4 is 8.37 Å². The van der Waals surface area contributed by atoms with Gasteiger partial charge in [-0.2, -0.15) is 48.3 Å². The highest BCUT2D eigenvalue weighted by Crippen LogP contribution is 2.45. The molecule has 0 spiro atoms. The van der Waals surface area contributed by atoms with E-state index < -0.39 is 42.8 Å². The van der Waals surface area contributed by atoms with Gasteiger partial charge in [0.25, 0.3) is 0 Å². The van der Waals surface area contributed by atoms with Gasteiger partial charge in [0.15, 0.2) is 11.5 Å². The molecular weight excluding hydrogens is 674 g/mol. The summed E-state index contributed by atoms with van der Waals surface area (Å²) < 4.78 is 138. The molecule has 242 valence electrons. The van der Waals surface area contributed by atoms with E-state index in [1.54, 1.807) is 91.0 Å². The zero-order chi connectivity index (χ0) is 33.8. The molecule has 47 heavy (non-hydrogen) atoms. The van der Waals surface area contributed by atoms with Crippen molar-refractivity contribution < 1.29 is 51.5 Å². The van der Waals surface area contributed by atoms with Gasteiger partial charge in [0.2, 0.25) is 0 Å². The second kappa shape index (κ2) is 11.3. The Hall–Kier alpha value is -5.09. The van der Waals surface area contributed by atoms with Crippen LogP contribution in [0.3, 0.4) is 0 Å². The minimum absolute atomic E-state index is 0.0443. The standard InChI is InChI=1S/C31H18F6N2O6S2/c32-30(33,34)46(40,41)44-25-17-22-16-24(19-10-4-1-5-11-19)39-29(23(22)18-26(25)45-47(42,43)31(35,36)37)27(20-12-6-2-7-13-20)28(38-39)21-14-8-3-9-15-21/h1-18H. The van der Waals surface area contributed by atoms with E-state index in [-0.39, 0.29) is 16.3 Å². The number of benzene rings is 4. The number of hydrogen-bond donors (Lipinski definition) is 0. The van der Waals surface area contributed by atoms with E-state index in [1.165, 1.54) is 10.6 Å². The van der Waals surface area contributed by atoms with Crippen molar-refractivity contribution in [3.8, 4) is 45.1 Å². The molecule has 0 saturated carbocycles. The van der Waals surface area contributed by atoms with Gasteiger partial charge in [-0.3, -0.25) is 0 Å². The Labute approximate surface area is 262 Å². The van der Waals surface area contributed by atoms with Crippen molar-refractivity contribution in [3.63, 3.8) is 0 Å². The highest BCUT2D eigenvalue weighted by Gasteiger charge is 2.51. The molecule has 0 amide bonds. The predicted octanol–water partition coefficient (Wildman–Crippen LogP) is 7.95. The molecule has 4 aromatic carbocycles. The number of nitrogens with zero attached hydrogens (tertiary/aromatic N) is 2. The first-order valence-electron chi connectivity index (χ1n) is 13.3. The summed E-state index contributed by atoms with van der Waals surface area (Å²) in [7, 11) is -13.0. The maximum atomic E-state index is 13.4. The zero-order valence-electron chi connectivity index (χ0n) is 23.3. The highest BCUT2D eigenvalue weighted by atomic mass is 32.2. The van der Waals surface area contributed by atoms with Gasteiger partial charge in [-0.25, -0.2) is 4.52 Å². The minimum atomic E-state index is -6.52. The van der Waals surface area contributed by atoms with Gasteiger partial charge in [0, 0.05) is 22.1 Å². The Morgan fingerprint density at radius 3 is 1.51 bits per heavy atom. The molecule has 8 nitrogen and oxygen atoms in total. The van der Waals surface area contributed by atoms with Crippen LogP contribution in [0.5, 0.6) is 11.5 Å². The van der Waals surface area contributed by atoms with Crippen LogP contribution in [0.25, 0.3) is 49.9 Å². The summed E-state index contributed by atoms with van der Waals surface area (Å²) in [5.74, 6) is -2.91. The van der Waals surface area contributed by atoms with Crippen LogP contribution in [-0.2, 0) is 20.2 Å². The van der Waals surface area contributed by atoms with Crippen molar-refractivity contribution in [2.45, 2.75) is 11.0 Å². The van der Waals surface area contributed by atoms with Crippen LogP contribution in [0, 0.1) is 0 Å². The Morgan fingerprint density at radius 1 is 0.574 bits per heavy atom. The summed E-state index contributed by atoms with van der Waals surface area (Å²) >= 11 is 0. The molecule has 6 aromatic rings. The Kier molecular flexibility index (Phi) is 7.67. The molecule has 0 radical (unpaired) electrons. The van der Waals surface area contributed by atoms with Gasteiger partial charge in [0.05, 0.1) is 11.2 Å². The third-order valence-electron chi connectivity index (χ3n) is 6.92. The molecule has 16 heteroatoms. The molecular formula is C31H18F6N2O6S2. The number of hydrogen-bond acceptors (Lipinski definition) is 7. The molecule has 2 heterocycles. The van der Waals surface area contributed by atoms with E-state index in [4.69, 9.17) is 5.10 Å². The van der Waals surface area contributed by atoms with Gasteiger partial charge in [-0.05, 0) is 29.1 Å². The lowest BCUT2D eigenvalue weighted by Gasteiger charge is -2.17. The molecule has 0 N–H and O–H groups in total. The van der Waals surface area contributed by atoms with Crippen molar-refractivity contribution in [3.05, 3.63) is 109 Å².